The van der Waals surface area contributed by atoms with Crippen LogP contribution in [0.2, 0.25) is 0 Å². The molecule has 0 aromatic heterocycles. The lowest BCUT2D eigenvalue weighted by molar-refractivity contribution is 0.184. The smallest absolute Gasteiger partial charge is 0.121 e. The number of ether oxygens (including phenoxy) is 1. The molecule has 2 unspecified atom stereocenters. The summed E-state index contributed by atoms with van der Waals surface area (Å²) in [5, 5.41) is 12.6. The van der Waals surface area contributed by atoms with E-state index in [9.17, 15) is 0 Å². The number of nitrogens with one attached hydrogen (secondary N) is 1. The molecule has 1 fully saturated rings. The van der Waals surface area contributed by atoms with E-state index in [1.807, 2.05) is 6.07 Å². The summed E-state index contributed by atoms with van der Waals surface area (Å²) in [6.45, 7) is 3.27. The van der Waals surface area contributed by atoms with Gasteiger partial charge in [0, 0.05) is 19.2 Å². The maximum absolute atomic E-state index is 9.10. The topological polar surface area (TPSA) is 41.5 Å². The van der Waals surface area contributed by atoms with Crippen LogP contribution in [-0.4, -0.2) is 25.4 Å². The van der Waals surface area contributed by atoms with Gasteiger partial charge in [0.25, 0.3) is 0 Å². The van der Waals surface area contributed by atoms with Gasteiger partial charge in [-0.05, 0) is 42.9 Å². The van der Waals surface area contributed by atoms with Crippen molar-refractivity contribution in [1.82, 2.24) is 5.32 Å². The first kappa shape index (κ1) is 12.4. The molecule has 3 nitrogen and oxygen atoms in total. The average Bonchev–Trinajstić information content (AvgIpc) is 2.39. The highest BCUT2D eigenvalue weighted by molar-refractivity contribution is 5.37. The maximum Gasteiger partial charge on any atom is 0.121 e. The van der Waals surface area contributed by atoms with Crippen LogP contribution in [0.3, 0.4) is 0 Å². The maximum atomic E-state index is 9.10. The lowest BCUT2D eigenvalue weighted by Crippen LogP contribution is -2.34. The van der Waals surface area contributed by atoms with Crippen LogP contribution < -0.4 is 10.1 Å². The van der Waals surface area contributed by atoms with Gasteiger partial charge < -0.3 is 15.2 Å². The predicted octanol–water partition coefficient (Wildman–Crippen LogP) is 2.04. The Kier molecular flexibility index (Phi) is 4.02. The van der Waals surface area contributed by atoms with Gasteiger partial charge in [-0.15, -0.1) is 0 Å². The first-order valence-corrected chi connectivity index (χ1v) is 6.23. The zero-order valence-corrected chi connectivity index (χ0v) is 10.6. The van der Waals surface area contributed by atoms with E-state index in [4.69, 9.17) is 9.84 Å². The number of aryl methyl sites for hydroxylation is 1. The fraction of sp³-hybridized carbons (Fsp3) is 0.571. The first-order valence-electron chi connectivity index (χ1n) is 6.23. The molecule has 0 bridgehead atoms. The zero-order chi connectivity index (χ0) is 12.3. The van der Waals surface area contributed by atoms with Crippen molar-refractivity contribution in [2.75, 3.05) is 20.3 Å². The quantitative estimate of drug-likeness (QED) is 0.842. The summed E-state index contributed by atoms with van der Waals surface area (Å²) in [7, 11) is 1.70. The van der Waals surface area contributed by atoms with E-state index in [0.29, 0.717) is 18.6 Å². The lowest BCUT2D eigenvalue weighted by Gasteiger charge is -2.29. The second kappa shape index (κ2) is 5.52. The zero-order valence-electron chi connectivity index (χ0n) is 10.6. The van der Waals surface area contributed by atoms with Crippen LogP contribution in [0, 0.1) is 12.8 Å². The Balaban J connectivity index is 2.06. The Morgan fingerprint density at radius 3 is 2.76 bits per heavy atom. The Bertz CT molecular complexity index is 370. The fourth-order valence-electron chi connectivity index (χ4n) is 2.47. The van der Waals surface area contributed by atoms with Gasteiger partial charge in [-0.3, -0.25) is 0 Å². The number of rotatable bonds is 3. The Morgan fingerprint density at radius 1 is 1.41 bits per heavy atom. The van der Waals surface area contributed by atoms with Gasteiger partial charge in [0.05, 0.1) is 7.11 Å². The molecule has 2 rings (SSSR count). The van der Waals surface area contributed by atoms with Crippen molar-refractivity contribution in [2.24, 2.45) is 5.92 Å². The average molecular weight is 235 g/mol. The number of aliphatic hydroxyl groups excluding tert-OH is 1. The summed E-state index contributed by atoms with van der Waals surface area (Å²) in [5.41, 5.74) is 2.50. The first-order chi connectivity index (χ1) is 8.24. The van der Waals surface area contributed by atoms with Crippen LogP contribution in [0.1, 0.15) is 30.0 Å². The summed E-state index contributed by atoms with van der Waals surface area (Å²) in [6, 6.07) is 6.77. The molecule has 0 radical (unpaired) electrons. The summed E-state index contributed by atoms with van der Waals surface area (Å²) >= 11 is 0. The van der Waals surface area contributed by atoms with Crippen LogP contribution >= 0.6 is 0 Å². The van der Waals surface area contributed by atoms with E-state index in [0.717, 1.165) is 25.1 Å². The third-order valence-corrected chi connectivity index (χ3v) is 3.60. The number of methoxy groups -OCH3 is 1. The molecule has 17 heavy (non-hydrogen) atoms. The SMILES string of the molecule is COc1ccc(C2CCC(CO)CN2)cc1C. The van der Waals surface area contributed by atoms with Gasteiger partial charge in [-0.25, -0.2) is 0 Å². The summed E-state index contributed by atoms with van der Waals surface area (Å²) < 4.78 is 5.27. The fourth-order valence-corrected chi connectivity index (χ4v) is 2.47. The standard InChI is InChI=1S/C14H21NO2/c1-10-7-12(4-6-14(10)17-2)13-5-3-11(9-16)8-15-13/h4,6-7,11,13,15-16H,3,5,8-9H2,1-2H3. The van der Waals surface area contributed by atoms with Crippen LogP contribution in [0.4, 0.5) is 0 Å². The van der Waals surface area contributed by atoms with Crippen molar-refractivity contribution in [1.29, 1.82) is 0 Å². The summed E-state index contributed by atoms with van der Waals surface area (Å²) in [4.78, 5) is 0. The van der Waals surface area contributed by atoms with Crippen molar-refractivity contribution in [2.45, 2.75) is 25.8 Å². The Morgan fingerprint density at radius 2 is 2.24 bits per heavy atom. The van der Waals surface area contributed by atoms with Gasteiger partial charge in [0.1, 0.15) is 5.75 Å². The van der Waals surface area contributed by atoms with Gasteiger partial charge in [0.2, 0.25) is 0 Å². The molecule has 1 aliphatic rings. The van der Waals surface area contributed by atoms with Crippen molar-refractivity contribution >= 4 is 0 Å². The summed E-state index contributed by atoms with van der Waals surface area (Å²) in [5.74, 6) is 1.36. The second-order valence-electron chi connectivity index (χ2n) is 4.82. The second-order valence-corrected chi connectivity index (χ2v) is 4.82. The van der Waals surface area contributed by atoms with Crippen molar-refractivity contribution in [3.8, 4) is 5.75 Å². The Labute approximate surface area is 103 Å². The summed E-state index contributed by atoms with van der Waals surface area (Å²) in [6.07, 6.45) is 2.19. The molecule has 3 heteroatoms. The minimum Gasteiger partial charge on any atom is -0.496 e. The van der Waals surface area contributed by atoms with E-state index in [1.165, 1.54) is 11.1 Å². The third-order valence-electron chi connectivity index (χ3n) is 3.60. The van der Waals surface area contributed by atoms with Gasteiger partial charge in [-0.2, -0.15) is 0 Å². The van der Waals surface area contributed by atoms with E-state index in [1.54, 1.807) is 7.11 Å². The molecule has 0 aliphatic carbocycles. The molecule has 94 valence electrons. The Hall–Kier alpha value is -1.06. The van der Waals surface area contributed by atoms with Gasteiger partial charge in [-0.1, -0.05) is 12.1 Å². The molecule has 1 aliphatic heterocycles. The van der Waals surface area contributed by atoms with E-state index < -0.39 is 0 Å². The minimum absolute atomic E-state index is 0.293. The van der Waals surface area contributed by atoms with Crippen molar-refractivity contribution in [3.05, 3.63) is 29.3 Å². The molecule has 2 N–H and O–H groups in total. The molecular weight excluding hydrogens is 214 g/mol. The number of aliphatic hydroxyl groups is 1. The van der Waals surface area contributed by atoms with E-state index in [2.05, 4.69) is 24.4 Å². The third kappa shape index (κ3) is 2.79. The van der Waals surface area contributed by atoms with Crippen LogP contribution in [0.15, 0.2) is 18.2 Å². The number of benzene rings is 1. The highest BCUT2D eigenvalue weighted by Crippen LogP contribution is 2.28. The highest BCUT2D eigenvalue weighted by atomic mass is 16.5. The molecule has 0 spiro atoms. The minimum atomic E-state index is 0.293. The largest absolute Gasteiger partial charge is 0.496 e. The van der Waals surface area contributed by atoms with Crippen LogP contribution in [-0.2, 0) is 0 Å². The molecule has 0 saturated carbocycles. The lowest BCUT2D eigenvalue weighted by atomic mass is 9.91. The number of piperidine rings is 1. The monoisotopic (exact) mass is 235 g/mol. The molecule has 2 atom stereocenters. The van der Waals surface area contributed by atoms with Crippen LogP contribution in [0.25, 0.3) is 0 Å². The predicted molar refractivity (Wildman–Crippen MR) is 68.3 cm³/mol. The number of hydrogen-bond acceptors (Lipinski definition) is 3. The van der Waals surface area contributed by atoms with Crippen molar-refractivity contribution < 1.29 is 9.84 Å². The van der Waals surface area contributed by atoms with Gasteiger partial charge >= 0.3 is 0 Å². The molecular formula is C14H21NO2. The highest BCUT2D eigenvalue weighted by Gasteiger charge is 2.21. The molecule has 1 heterocycles. The molecule has 1 aromatic rings. The molecule has 0 amide bonds. The van der Waals surface area contributed by atoms with E-state index in [-0.39, 0.29) is 0 Å². The van der Waals surface area contributed by atoms with Crippen molar-refractivity contribution in [3.63, 3.8) is 0 Å². The normalized spacial score (nSPS) is 24.6. The molecule has 1 aromatic carbocycles. The molecule has 1 saturated heterocycles. The van der Waals surface area contributed by atoms with E-state index >= 15 is 0 Å². The van der Waals surface area contributed by atoms with Crippen LogP contribution in [0.5, 0.6) is 5.75 Å². The van der Waals surface area contributed by atoms with Gasteiger partial charge in [0.15, 0.2) is 0 Å². The number of hydrogen-bond donors (Lipinski definition) is 2.